The van der Waals surface area contributed by atoms with Crippen molar-refractivity contribution in [3.8, 4) is 11.3 Å². The second-order valence-electron chi connectivity index (χ2n) is 9.61. The first kappa shape index (κ1) is 16.9. The van der Waals surface area contributed by atoms with Gasteiger partial charge < -0.3 is 0 Å². The molecule has 0 radical (unpaired) electrons. The van der Waals surface area contributed by atoms with E-state index in [-0.39, 0.29) is 5.41 Å². The Labute approximate surface area is 162 Å². The van der Waals surface area contributed by atoms with Crippen LogP contribution in [0.1, 0.15) is 79.8 Å². The number of aryl methyl sites for hydroxylation is 2. The molecule has 2 unspecified atom stereocenters. The number of hydrogen-bond acceptors (Lipinski definition) is 2. The van der Waals surface area contributed by atoms with Crippen LogP contribution >= 0.6 is 0 Å². The number of pyridine rings is 2. The van der Waals surface area contributed by atoms with Crippen LogP contribution in [0.3, 0.4) is 0 Å². The van der Waals surface area contributed by atoms with Crippen LogP contribution in [0.15, 0.2) is 30.3 Å². The molecule has 138 valence electrons. The van der Waals surface area contributed by atoms with E-state index in [1.54, 1.807) is 0 Å². The van der Waals surface area contributed by atoms with E-state index in [9.17, 15) is 0 Å². The second kappa shape index (κ2) is 5.64. The molecular weight excluding hydrogens is 328 g/mol. The highest BCUT2D eigenvalue weighted by molar-refractivity contribution is 5.87. The second-order valence-corrected chi connectivity index (χ2v) is 9.61. The van der Waals surface area contributed by atoms with Crippen molar-refractivity contribution in [3.05, 3.63) is 58.3 Å². The van der Waals surface area contributed by atoms with Gasteiger partial charge in [0.15, 0.2) is 0 Å². The van der Waals surface area contributed by atoms with E-state index in [0.29, 0.717) is 11.8 Å². The fraction of sp³-hybridized carbons (Fsp3) is 0.440. The molecule has 2 aromatic heterocycles. The van der Waals surface area contributed by atoms with Gasteiger partial charge in [-0.2, -0.15) is 0 Å². The topological polar surface area (TPSA) is 25.8 Å². The summed E-state index contributed by atoms with van der Waals surface area (Å²) in [4.78, 5) is 10.3. The summed E-state index contributed by atoms with van der Waals surface area (Å²) in [7, 11) is 0. The Bertz CT molecular complexity index is 1070. The molecule has 0 amide bonds. The molecular formula is C25H28N2. The predicted octanol–water partition coefficient (Wildman–Crippen LogP) is 6.58. The summed E-state index contributed by atoms with van der Waals surface area (Å²) < 4.78 is 0. The van der Waals surface area contributed by atoms with Crippen molar-refractivity contribution in [2.24, 2.45) is 0 Å². The largest absolute Gasteiger partial charge is 0.250 e. The third-order valence-electron chi connectivity index (χ3n) is 6.70. The Balaban J connectivity index is 1.81. The number of fused-ring (bicyclic) bond motifs is 7. The minimum atomic E-state index is 0.0609. The zero-order valence-electron chi connectivity index (χ0n) is 17.1. The van der Waals surface area contributed by atoms with Gasteiger partial charge in [0.25, 0.3) is 0 Å². The van der Waals surface area contributed by atoms with E-state index in [1.807, 2.05) is 0 Å². The van der Waals surface area contributed by atoms with E-state index in [0.717, 1.165) is 11.0 Å². The molecule has 2 bridgehead atoms. The molecule has 27 heavy (non-hydrogen) atoms. The van der Waals surface area contributed by atoms with Crippen molar-refractivity contribution in [2.45, 2.75) is 71.1 Å². The van der Waals surface area contributed by atoms with Gasteiger partial charge in [-0.1, -0.05) is 32.9 Å². The van der Waals surface area contributed by atoms with Crippen LogP contribution in [0, 0.1) is 13.8 Å². The van der Waals surface area contributed by atoms with E-state index in [1.165, 1.54) is 58.5 Å². The minimum absolute atomic E-state index is 0.0609. The molecule has 0 aliphatic heterocycles. The Hall–Kier alpha value is -2.22. The first-order valence-corrected chi connectivity index (χ1v) is 10.3. The van der Waals surface area contributed by atoms with Crippen molar-refractivity contribution in [3.63, 3.8) is 0 Å². The average molecular weight is 357 g/mol. The third-order valence-corrected chi connectivity index (χ3v) is 6.70. The maximum atomic E-state index is 5.17. The third kappa shape index (κ3) is 2.53. The van der Waals surface area contributed by atoms with Gasteiger partial charge in [0.1, 0.15) is 0 Å². The lowest BCUT2D eigenvalue weighted by Gasteiger charge is -2.23. The monoisotopic (exact) mass is 356 g/mol. The number of rotatable bonds is 1. The van der Waals surface area contributed by atoms with Crippen LogP contribution < -0.4 is 0 Å². The highest BCUT2D eigenvalue weighted by Gasteiger charge is 2.41. The summed E-state index contributed by atoms with van der Waals surface area (Å²) in [5.41, 5.74) is 11.6. The number of benzene rings is 1. The Kier molecular flexibility index (Phi) is 3.53. The van der Waals surface area contributed by atoms with Gasteiger partial charge in [0.2, 0.25) is 0 Å². The quantitative estimate of drug-likeness (QED) is 0.492. The summed E-state index contributed by atoms with van der Waals surface area (Å²) >= 11 is 0. The SMILES string of the molecule is Cc1ccc(-c2nc3ccc(C(C)(C)C)nc3c3c2C2CCC3C2)cc1C. The van der Waals surface area contributed by atoms with E-state index in [2.05, 4.69) is 65.0 Å². The summed E-state index contributed by atoms with van der Waals surface area (Å²) in [6.07, 6.45) is 3.90. The molecule has 2 heteroatoms. The first-order valence-electron chi connectivity index (χ1n) is 10.3. The molecule has 2 aliphatic rings. The van der Waals surface area contributed by atoms with Gasteiger partial charge in [0.05, 0.1) is 16.7 Å². The molecule has 1 fully saturated rings. The lowest BCUT2D eigenvalue weighted by molar-refractivity contribution is 0.571. The molecule has 2 heterocycles. The van der Waals surface area contributed by atoms with E-state index in [4.69, 9.17) is 9.97 Å². The minimum Gasteiger partial charge on any atom is -0.250 e. The van der Waals surface area contributed by atoms with Gasteiger partial charge in [-0.3, -0.25) is 4.98 Å². The highest BCUT2D eigenvalue weighted by Crippen LogP contribution is 2.57. The van der Waals surface area contributed by atoms with Gasteiger partial charge in [0, 0.05) is 16.7 Å². The molecule has 0 N–H and O–H groups in total. The van der Waals surface area contributed by atoms with Gasteiger partial charge in [-0.15, -0.1) is 0 Å². The van der Waals surface area contributed by atoms with Crippen molar-refractivity contribution in [1.29, 1.82) is 0 Å². The standard InChI is InChI=1S/C25H28N2/c1-14-6-7-18(12-15(14)2)23-21-16-8-9-17(13-16)22(21)24-19(26-23)10-11-20(27-24)25(3,4)5/h6-7,10-12,16-17H,8-9,13H2,1-5H3. The fourth-order valence-corrected chi connectivity index (χ4v) is 5.03. The van der Waals surface area contributed by atoms with E-state index >= 15 is 0 Å². The molecule has 2 atom stereocenters. The molecule has 1 aromatic carbocycles. The van der Waals surface area contributed by atoms with E-state index < -0.39 is 0 Å². The molecule has 1 saturated carbocycles. The predicted molar refractivity (Wildman–Crippen MR) is 112 cm³/mol. The normalized spacial score (nSPS) is 21.1. The van der Waals surface area contributed by atoms with Gasteiger partial charge in [-0.25, -0.2) is 4.98 Å². The summed E-state index contributed by atoms with van der Waals surface area (Å²) in [5, 5.41) is 0. The lowest BCUT2D eigenvalue weighted by Crippen LogP contribution is -2.14. The summed E-state index contributed by atoms with van der Waals surface area (Å²) in [5.74, 6) is 1.34. The Morgan fingerprint density at radius 2 is 1.59 bits per heavy atom. The van der Waals surface area contributed by atoms with Crippen LogP contribution in [-0.4, -0.2) is 9.97 Å². The number of nitrogens with zero attached hydrogens (tertiary/aromatic N) is 2. The molecule has 2 aliphatic carbocycles. The van der Waals surface area contributed by atoms with Crippen LogP contribution in [0.25, 0.3) is 22.3 Å². The van der Waals surface area contributed by atoms with Gasteiger partial charge >= 0.3 is 0 Å². The first-order chi connectivity index (χ1) is 12.8. The van der Waals surface area contributed by atoms with Crippen molar-refractivity contribution < 1.29 is 0 Å². The van der Waals surface area contributed by atoms with Crippen LogP contribution in [-0.2, 0) is 5.41 Å². The zero-order chi connectivity index (χ0) is 18.9. The number of hydrogen-bond donors (Lipinski definition) is 0. The Morgan fingerprint density at radius 1 is 0.852 bits per heavy atom. The maximum Gasteiger partial charge on any atom is 0.0928 e. The number of aromatic nitrogens is 2. The summed E-state index contributed by atoms with van der Waals surface area (Å²) in [6.45, 7) is 11.1. The van der Waals surface area contributed by atoms with Crippen LogP contribution in [0.4, 0.5) is 0 Å². The maximum absolute atomic E-state index is 5.17. The average Bonchev–Trinajstić information content (AvgIpc) is 3.24. The van der Waals surface area contributed by atoms with Crippen molar-refractivity contribution >= 4 is 11.0 Å². The summed E-state index contributed by atoms with van der Waals surface area (Å²) in [6, 6.07) is 11.2. The molecule has 0 spiro atoms. The molecule has 3 aromatic rings. The van der Waals surface area contributed by atoms with Crippen LogP contribution in [0.5, 0.6) is 0 Å². The highest BCUT2D eigenvalue weighted by atomic mass is 14.8. The lowest BCUT2D eigenvalue weighted by atomic mass is 9.86. The van der Waals surface area contributed by atoms with Crippen molar-refractivity contribution in [2.75, 3.05) is 0 Å². The van der Waals surface area contributed by atoms with Crippen molar-refractivity contribution in [1.82, 2.24) is 9.97 Å². The van der Waals surface area contributed by atoms with Crippen LogP contribution in [0.2, 0.25) is 0 Å². The fourth-order valence-electron chi connectivity index (χ4n) is 5.03. The molecule has 2 nitrogen and oxygen atoms in total. The molecule has 5 rings (SSSR count). The Morgan fingerprint density at radius 3 is 2.30 bits per heavy atom. The smallest absolute Gasteiger partial charge is 0.0928 e. The zero-order valence-corrected chi connectivity index (χ0v) is 17.1. The molecule has 0 saturated heterocycles. The van der Waals surface area contributed by atoms with Gasteiger partial charge in [-0.05, 0) is 85.4 Å².